The van der Waals surface area contributed by atoms with E-state index in [1.54, 1.807) is 0 Å². The number of ether oxygens (including phenoxy) is 1. The van der Waals surface area contributed by atoms with Crippen LogP contribution in [0.5, 0.6) is 0 Å². The van der Waals surface area contributed by atoms with Gasteiger partial charge in [-0.1, -0.05) is 0 Å². The molecular formula is C9H20N2O2. The Labute approximate surface area is 79.7 Å². The Morgan fingerprint density at radius 3 is 3.15 bits per heavy atom. The van der Waals surface area contributed by atoms with Gasteiger partial charge in [0.05, 0.1) is 19.3 Å². The molecule has 0 bridgehead atoms. The third-order valence-corrected chi connectivity index (χ3v) is 2.49. The molecule has 0 aliphatic carbocycles. The minimum Gasteiger partial charge on any atom is -0.389 e. The summed E-state index contributed by atoms with van der Waals surface area (Å²) in [6.45, 7) is 5.64. The summed E-state index contributed by atoms with van der Waals surface area (Å²) in [5.41, 5.74) is 5.49. The predicted molar refractivity (Wildman–Crippen MR) is 51.5 cm³/mol. The van der Waals surface area contributed by atoms with Gasteiger partial charge in [-0.05, 0) is 19.9 Å². The van der Waals surface area contributed by atoms with Crippen molar-refractivity contribution >= 4 is 0 Å². The maximum absolute atomic E-state index is 9.48. The van der Waals surface area contributed by atoms with Crippen molar-refractivity contribution in [3.05, 3.63) is 0 Å². The highest BCUT2D eigenvalue weighted by Crippen LogP contribution is 2.07. The number of aliphatic hydroxyl groups excluding tert-OH is 1. The molecule has 1 aliphatic heterocycles. The summed E-state index contributed by atoms with van der Waals surface area (Å²) in [6, 6.07) is 0.446. The van der Waals surface area contributed by atoms with Gasteiger partial charge in [0.25, 0.3) is 0 Å². The second-order valence-corrected chi connectivity index (χ2v) is 3.65. The van der Waals surface area contributed by atoms with Gasteiger partial charge >= 0.3 is 0 Å². The largest absolute Gasteiger partial charge is 0.389 e. The first kappa shape index (κ1) is 10.9. The number of β-amino-alcohol motifs (C(OH)–C–C–N with tert-alkyl or cyclic N) is 1. The van der Waals surface area contributed by atoms with Gasteiger partial charge in [0.15, 0.2) is 0 Å². The minimum atomic E-state index is -0.345. The summed E-state index contributed by atoms with van der Waals surface area (Å²) < 4.78 is 5.24. The molecule has 0 aromatic carbocycles. The van der Waals surface area contributed by atoms with E-state index in [1.807, 2.05) is 0 Å². The second-order valence-electron chi connectivity index (χ2n) is 3.65. The van der Waals surface area contributed by atoms with E-state index in [1.165, 1.54) is 0 Å². The van der Waals surface area contributed by atoms with Crippen molar-refractivity contribution in [2.75, 3.05) is 32.8 Å². The summed E-state index contributed by atoms with van der Waals surface area (Å²) in [6.07, 6.45) is 0.634. The first-order valence-electron chi connectivity index (χ1n) is 4.94. The Kier molecular flexibility index (Phi) is 4.66. The highest BCUT2D eigenvalue weighted by molar-refractivity contribution is 4.73. The van der Waals surface area contributed by atoms with E-state index in [9.17, 15) is 5.11 Å². The van der Waals surface area contributed by atoms with Crippen LogP contribution < -0.4 is 5.73 Å². The standard InChI is InChI=1S/C9H20N2O2/c1-8(2-3-10)11-4-5-13-7-9(12)6-11/h8-9,12H,2-7,10H2,1H3. The van der Waals surface area contributed by atoms with Gasteiger partial charge in [-0.15, -0.1) is 0 Å². The molecule has 0 aromatic rings. The Morgan fingerprint density at radius 2 is 2.46 bits per heavy atom. The third-order valence-electron chi connectivity index (χ3n) is 2.49. The Morgan fingerprint density at radius 1 is 1.69 bits per heavy atom. The zero-order valence-corrected chi connectivity index (χ0v) is 8.28. The Bertz CT molecular complexity index is 144. The van der Waals surface area contributed by atoms with Crippen LogP contribution in [0.4, 0.5) is 0 Å². The van der Waals surface area contributed by atoms with E-state index >= 15 is 0 Å². The number of aliphatic hydroxyl groups is 1. The van der Waals surface area contributed by atoms with Gasteiger partial charge in [0.1, 0.15) is 0 Å². The van der Waals surface area contributed by atoms with Gasteiger partial charge in [0, 0.05) is 19.1 Å². The molecule has 1 saturated heterocycles. The quantitative estimate of drug-likeness (QED) is 0.622. The third kappa shape index (κ3) is 3.60. The predicted octanol–water partition coefficient (Wildman–Crippen LogP) is -0.583. The molecule has 0 amide bonds. The molecule has 0 spiro atoms. The molecule has 1 aliphatic rings. The molecule has 1 rings (SSSR count). The monoisotopic (exact) mass is 188 g/mol. The number of hydrogen-bond donors (Lipinski definition) is 2. The first-order chi connectivity index (χ1) is 6.24. The van der Waals surface area contributed by atoms with E-state index < -0.39 is 0 Å². The number of nitrogens with two attached hydrogens (primary N) is 1. The van der Waals surface area contributed by atoms with Crippen LogP contribution in [-0.2, 0) is 4.74 Å². The molecule has 0 aromatic heterocycles. The van der Waals surface area contributed by atoms with Crippen molar-refractivity contribution < 1.29 is 9.84 Å². The van der Waals surface area contributed by atoms with Gasteiger partial charge in [-0.2, -0.15) is 0 Å². The number of nitrogens with zero attached hydrogens (tertiary/aromatic N) is 1. The van der Waals surface area contributed by atoms with Gasteiger partial charge < -0.3 is 15.6 Å². The van der Waals surface area contributed by atoms with E-state index in [-0.39, 0.29) is 6.10 Å². The molecule has 1 fully saturated rings. The van der Waals surface area contributed by atoms with Crippen molar-refractivity contribution in [3.8, 4) is 0 Å². The molecule has 4 nitrogen and oxygen atoms in total. The zero-order chi connectivity index (χ0) is 9.68. The molecule has 3 N–H and O–H groups in total. The van der Waals surface area contributed by atoms with E-state index in [2.05, 4.69) is 11.8 Å². The zero-order valence-electron chi connectivity index (χ0n) is 8.28. The van der Waals surface area contributed by atoms with Crippen LogP contribution in [0.15, 0.2) is 0 Å². The van der Waals surface area contributed by atoms with Gasteiger partial charge in [-0.3, -0.25) is 4.90 Å². The smallest absolute Gasteiger partial charge is 0.0900 e. The average Bonchev–Trinajstić information content (AvgIpc) is 2.30. The minimum absolute atomic E-state index is 0.345. The molecule has 2 unspecified atom stereocenters. The maximum Gasteiger partial charge on any atom is 0.0900 e. The fourth-order valence-electron chi connectivity index (χ4n) is 1.64. The van der Waals surface area contributed by atoms with Crippen LogP contribution in [0.2, 0.25) is 0 Å². The van der Waals surface area contributed by atoms with E-state index in [0.29, 0.717) is 32.3 Å². The fraction of sp³-hybridized carbons (Fsp3) is 1.00. The highest BCUT2D eigenvalue weighted by Gasteiger charge is 2.19. The fourth-order valence-corrected chi connectivity index (χ4v) is 1.64. The van der Waals surface area contributed by atoms with Crippen LogP contribution in [0.1, 0.15) is 13.3 Å². The lowest BCUT2D eigenvalue weighted by Gasteiger charge is -2.27. The van der Waals surface area contributed by atoms with Crippen LogP contribution in [0.3, 0.4) is 0 Å². The summed E-state index contributed by atoms with van der Waals surface area (Å²) in [5, 5.41) is 9.48. The van der Waals surface area contributed by atoms with Crippen molar-refractivity contribution in [1.29, 1.82) is 0 Å². The lowest BCUT2D eigenvalue weighted by Crippen LogP contribution is -2.40. The Balaban J connectivity index is 2.37. The van der Waals surface area contributed by atoms with Gasteiger partial charge in [-0.25, -0.2) is 0 Å². The topological polar surface area (TPSA) is 58.7 Å². The summed E-state index contributed by atoms with van der Waals surface area (Å²) >= 11 is 0. The van der Waals surface area contributed by atoms with E-state index in [4.69, 9.17) is 10.5 Å². The first-order valence-corrected chi connectivity index (χ1v) is 4.94. The number of rotatable bonds is 3. The highest BCUT2D eigenvalue weighted by atomic mass is 16.5. The molecule has 1 heterocycles. The SMILES string of the molecule is CC(CCN)N1CCOCC(O)C1. The Hall–Kier alpha value is -0.160. The number of hydrogen-bond acceptors (Lipinski definition) is 4. The van der Waals surface area contributed by atoms with Crippen molar-refractivity contribution in [1.82, 2.24) is 4.90 Å². The molecule has 0 saturated carbocycles. The maximum atomic E-state index is 9.48. The van der Waals surface area contributed by atoms with Crippen molar-refractivity contribution in [3.63, 3.8) is 0 Å². The average molecular weight is 188 g/mol. The van der Waals surface area contributed by atoms with Crippen molar-refractivity contribution in [2.24, 2.45) is 5.73 Å². The van der Waals surface area contributed by atoms with Crippen LogP contribution in [0.25, 0.3) is 0 Å². The molecule has 78 valence electrons. The molecular weight excluding hydrogens is 168 g/mol. The normalized spacial score (nSPS) is 28.4. The van der Waals surface area contributed by atoms with Crippen LogP contribution in [-0.4, -0.2) is 55.0 Å². The summed E-state index contributed by atoms with van der Waals surface area (Å²) in [5.74, 6) is 0. The lowest BCUT2D eigenvalue weighted by molar-refractivity contribution is 0.0546. The molecule has 2 atom stereocenters. The van der Waals surface area contributed by atoms with Crippen LogP contribution in [0, 0.1) is 0 Å². The summed E-state index contributed by atoms with van der Waals surface area (Å²) in [4.78, 5) is 2.24. The lowest BCUT2D eigenvalue weighted by atomic mass is 10.2. The van der Waals surface area contributed by atoms with Crippen LogP contribution >= 0.6 is 0 Å². The summed E-state index contributed by atoms with van der Waals surface area (Å²) in [7, 11) is 0. The second kappa shape index (κ2) is 5.54. The van der Waals surface area contributed by atoms with Crippen molar-refractivity contribution in [2.45, 2.75) is 25.5 Å². The molecule has 4 heteroatoms. The van der Waals surface area contributed by atoms with E-state index in [0.717, 1.165) is 13.0 Å². The molecule has 0 radical (unpaired) electrons. The van der Waals surface area contributed by atoms with Gasteiger partial charge in [0.2, 0.25) is 0 Å². The molecule has 13 heavy (non-hydrogen) atoms.